The van der Waals surface area contributed by atoms with Crippen LogP contribution in [-0.2, 0) is 32.6 Å². The third-order valence-corrected chi connectivity index (χ3v) is 8.26. The lowest BCUT2D eigenvalue weighted by atomic mass is 10.0. The number of carbonyl (C=O) groups excluding carboxylic acids is 2. The molecule has 1 N–H and O–H groups in total. The summed E-state index contributed by atoms with van der Waals surface area (Å²) in [5.74, 6) is -0.743. The lowest BCUT2D eigenvalue weighted by Crippen LogP contribution is -2.54. The summed E-state index contributed by atoms with van der Waals surface area (Å²) in [5.41, 5.74) is 2.88. The zero-order chi connectivity index (χ0) is 28.6. The van der Waals surface area contributed by atoms with Crippen molar-refractivity contribution in [2.75, 3.05) is 17.1 Å². The standard InChI is InChI=1S/C30H36BrN3O4S/c1-5-23(3)32-30(36)28(19-24-12-7-6-8-13-24)33(20-25-15-17-26(31)18-16-25)29(35)21-34(39(4,37)38)27-14-10-9-11-22(27)2/h6-18,23,28H,5,19-21H2,1-4H3,(H,32,36). The van der Waals surface area contributed by atoms with Crippen LogP contribution < -0.4 is 9.62 Å². The van der Waals surface area contributed by atoms with Gasteiger partial charge in [0.1, 0.15) is 12.6 Å². The molecule has 0 aliphatic rings. The number of nitrogens with one attached hydrogen (secondary N) is 1. The van der Waals surface area contributed by atoms with E-state index in [4.69, 9.17) is 0 Å². The molecule has 0 saturated heterocycles. The highest BCUT2D eigenvalue weighted by Crippen LogP contribution is 2.24. The van der Waals surface area contributed by atoms with Crippen molar-refractivity contribution in [1.82, 2.24) is 10.2 Å². The Morgan fingerprint density at radius 2 is 1.54 bits per heavy atom. The molecule has 0 saturated carbocycles. The third kappa shape index (κ3) is 8.66. The highest BCUT2D eigenvalue weighted by molar-refractivity contribution is 9.10. The Morgan fingerprint density at radius 3 is 2.13 bits per heavy atom. The number of hydrogen-bond donors (Lipinski definition) is 1. The number of nitrogens with zero attached hydrogens (tertiary/aromatic N) is 2. The normalized spacial score (nSPS) is 12.8. The summed E-state index contributed by atoms with van der Waals surface area (Å²) in [6, 6.07) is 23.1. The van der Waals surface area contributed by atoms with Crippen LogP contribution in [-0.4, -0.2) is 50.0 Å². The van der Waals surface area contributed by atoms with Gasteiger partial charge in [-0.05, 0) is 55.2 Å². The van der Waals surface area contributed by atoms with Crippen molar-refractivity contribution in [3.63, 3.8) is 0 Å². The number of aryl methyl sites for hydroxylation is 1. The Balaban J connectivity index is 2.06. The largest absolute Gasteiger partial charge is 0.352 e. The van der Waals surface area contributed by atoms with Crippen LogP contribution in [0.15, 0.2) is 83.3 Å². The zero-order valence-corrected chi connectivity index (χ0v) is 25.2. The first kappa shape index (κ1) is 30.4. The van der Waals surface area contributed by atoms with Gasteiger partial charge in [0.05, 0.1) is 11.9 Å². The van der Waals surface area contributed by atoms with Crippen LogP contribution in [0.25, 0.3) is 0 Å². The van der Waals surface area contributed by atoms with Gasteiger partial charge in [0.25, 0.3) is 0 Å². The molecule has 0 aliphatic heterocycles. The molecule has 0 radical (unpaired) electrons. The van der Waals surface area contributed by atoms with Gasteiger partial charge in [-0.15, -0.1) is 0 Å². The first-order valence-corrected chi connectivity index (χ1v) is 15.5. The molecule has 0 fully saturated rings. The fourth-order valence-electron chi connectivity index (χ4n) is 4.22. The van der Waals surface area contributed by atoms with E-state index in [1.807, 2.05) is 74.5 Å². The fourth-order valence-corrected chi connectivity index (χ4v) is 5.39. The predicted molar refractivity (Wildman–Crippen MR) is 160 cm³/mol. The maximum atomic E-state index is 14.1. The summed E-state index contributed by atoms with van der Waals surface area (Å²) in [6.45, 7) is 5.41. The molecule has 0 aliphatic carbocycles. The zero-order valence-electron chi connectivity index (χ0n) is 22.8. The SMILES string of the molecule is CCC(C)NC(=O)C(Cc1ccccc1)N(Cc1ccc(Br)cc1)C(=O)CN(c1ccccc1C)S(C)(=O)=O. The number of hydrogen-bond acceptors (Lipinski definition) is 4. The second-order valence-electron chi connectivity index (χ2n) is 9.73. The average Bonchev–Trinajstić information content (AvgIpc) is 2.90. The molecule has 39 heavy (non-hydrogen) atoms. The molecule has 0 spiro atoms. The Bertz CT molecular complexity index is 1360. The summed E-state index contributed by atoms with van der Waals surface area (Å²) in [4.78, 5) is 29.3. The van der Waals surface area contributed by atoms with E-state index in [1.54, 1.807) is 25.1 Å². The van der Waals surface area contributed by atoms with Gasteiger partial charge in [0.15, 0.2) is 0 Å². The maximum Gasteiger partial charge on any atom is 0.244 e. The maximum absolute atomic E-state index is 14.1. The Kier molecular flexibility index (Phi) is 10.7. The Hall–Kier alpha value is -3.17. The quantitative estimate of drug-likeness (QED) is 0.309. The van der Waals surface area contributed by atoms with Crippen molar-refractivity contribution in [2.24, 2.45) is 0 Å². The highest BCUT2D eigenvalue weighted by atomic mass is 79.9. The van der Waals surface area contributed by atoms with E-state index in [0.717, 1.165) is 38.1 Å². The molecule has 9 heteroatoms. The van der Waals surface area contributed by atoms with Gasteiger partial charge in [0.2, 0.25) is 21.8 Å². The first-order chi connectivity index (χ1) is 18.5. The molecule has 208 valence electrons. The minimum absolute atomic E-state index is 0.0834. The number of benzene rings is 3. The lowest BCUT2D eigenvalue weighted by molar-refractivity contribution is -0.140. The van der Waals surface area contributed by atoms with Crippen molar-refractivity contribution < 1.29 is 18.0 Å². The van der Waals surface area contributed by atoms with E-state index in [0.29, 0.717) is 5.69 Å². The third-order valence-electron chi connectivity index (χ3n) is 6.60. The number of amides is 2. The molecule has 0 heterocycles. The highest BCUT2D eigenvalue weighted by Gasteiger charge is 2.33. The number of carbonyl (C=O) groups is 2. The van der Waals surface area contributed by atoms with Gasteiger partial charge in [-0.3, -0.25) is 13.9 Å². The Morgan fingerprint density at radius 1 is 0.923 bits per heavy atom. The molecule has 7 nitrogen and oxygen atoms in total. The number of halogens is 1. The van der Waals surface area contributed by atoms with E-state index < -0.39 is 28.5 Å². The van der Waals surface area contributed by atoms with Gasteiger partial charge in [-0.25, -0.2) is 8.42 Å². The van der Waals surface area contributed by atoms with E-state index in [-0.39, 0.29) is 24.9 Å². The second kappa shape index (κ2) is 13.8. The molecule has 3 aromatic carbocycles. The molecule has 2 amide bonds. The molecular weight excluding hydrogens is 578 g/mol. The van der Waals surface area contributed by atoms with E-state index >= 15 is 0 Å². The molecule has 0 bridgehead atoms. The number of para-hydroxylation sites is 1. The van der Waals surface area contributed by atoms with Gasteiger partial charge in [-0.1, -0.05) is 83.5 Å². The van der Waals surface area contributed by atoms with Crippen molar-refractivity contribution >= 4 is 43.5 Å². The van der Waals surface area contributed by atoms with Gasteiger partial charge in [-0.2, -0.15) is 0 Å². The molecule has 3 aromatic rings. The Labute approximate surface area is 240 Å². The van der Waals surface area contributed by atoms with Crippen molar-refractivity contribution in [3.8, 4) is 0 Å². The summed E-state index contributed by atoms with van der Waals surface area (Å²) < 4.78 is 27.8. The lowest BCUT2D eigenvalue weighted by Gasteiger charge is -2.34. The molecule has 2 atom stereocenters. The summed E-state index contributed by atoms with van der Waals surface area (Å²) in [7, 11) is -3.80. The predicted octanol–water partition coefficient (Wildman–Crippen LogP) is 5.08. The van der Waals surface area contributed by atoms with Crippen LogP contribution >= 0.6 is 15.9 Å². The van der Waals surface area contributed by atoms with E-state index in [2.05, 4.69) is 21.2 Å². The average molecular weight is 615 g/mol. The van der Waals surface area contributed by atoms with Crippen LogP contribution in [0.3, 0.4) is 0 Å². The summed E-state index contributed by atoms with van der Waals surface area (Å²) >= 11 is 3.44. The number of sulfonamides is 1. The van der Waals surface area contributed by atoms with Gasteiger partial charge < -0.3 is 10.2 Å². The van der Waals surface area contributed by atoms with E-state index in [1.165, 1.54) is 4.90 Å². The number of anilines is 1. The van der Waals surface area contributed by atoms with Crippen LogP contribution in [0.2, 0.25) is 0 Å². The second-order valence-corrected chi connectivity index (χ2v) is 12.6. The van der Waals surface area contributed by atoms with Crippen molar-refractivity contribution in [3.05, 3.63) is 100 Å². The molecule has 2 unspecified atom stereocenters. The fraction of sp³-hybridized carbons (Fsp3) is 0.333. The van der Waals surface area contributed by atoms with Crippen LogP contribution in [0.1, 0.15) is 37.0 Å². The van der Waals surface area contributed by atoms with Gasteiger partial charge in [0, 0.05) is 23.5 Å². The summed E-state index contributed by atoms with van der Waals surface area (Å²) in [5, 5.41) is 3.03. The van der Waals surface area contributed by atoms with Gasteiger partial charge >= 0.3 is 0 Å². The monoisotopic (exact) mass is 613 g/mol. The van der Waals surface area contributed by atoms with E-state index in [9.17, 15) is 18.0 Å². The smallest absolute Gasteiger partial charge is 0.244 e. The number of rotatable bonds is 12. The molecule has 0 aromatic heterocycles. The minimum Gasteiger partial charge on any atom is -0.352 e. The minimum atomic E-state index is -3.80. The topological polar surface area (TPSA) is 86.8 Å². The van der Waals surface area contributed by atoms with Crippen LogP contribution in [0.4, 0.5) is 5.69 Å². The van der Waals surface area contributed by atoms with Crippen LogP contribution in [0, 0.1) is 6.92 Å². The first-order valence-electron chi connectivity index (χ1n) is 12.9. The van der Waals surface area contributed by atoms with Crippen molar-refractivity contribution in [2.45, 2.75) is 52.2 Å². The molecule has 3 rings (SSSR count). The van der Waals surface area contributed by atoms with Crippen molar-refractivity contribution in [1.29, 1.82) is 0 Å². The molecular formula is C30H36BrN3O4S. The summed E-state index contributed by atoms with van der Waals surface area (Å²) in [6.07, 6.45) is 2.11. The van der Waals surface area contributed by atoms with Crippen LogP contribution in [0.5, 0.6) is 0 Å².